The Balaban J connectivity index is 2.18. The molecule has 5 nitrogen and oxygen atoms in total. The molecule has 0 aliphatic carbocycles. The van der Waals surface area contributed by atoms with Crippen molar-refractivity contribution in [3.8, 4) is 0 Å². The standard InChI is InChI=1S/C16H20N2O3/c1-10(2)17-15(19)11(3)21-16(20)13-9-18(4)14-8-6-5-7-12(13)14/h5-11H,1-4H3,(H,17,19). The van der Waals surface area contributed by atoms with Gasteiger partial charge in [0.2, 0.25) is 0 Å². The minimum absolute atomic E-state index is 0.0104. The first-order valence-corrected chi connectivity index (χ1v) is 6.95. The van der Waals surface area contributed by atoms with Crippen LogP contribution in [-0.4, -0.2) is 28.6 Å². The van der Waals surface area contributed by atoms with Gasteiger partial charge in [-0.05, 0) is 26.8 Å². The third kappa shape index (κ3) is 3.24. The topological polar surface area (TPSA) is 60.3 Å². The van der Waals surface area contributed by atoms with E-state index in [0.717, 1.165) is 10.9 Å². The first-order valence-electron chi connectivity index (χ1n) is 6.95. The van der Waals surface area contributed by atoms with Gasteiger partial charge in [-0.2, -0.15) is 0 Å². The summed E-state index contributed by atoms with van der Waals surface area (Å²) in [7, 11) is 1.87. The Hall–Kier alpha value is -2.30. The number of carbonyl (C=O) groups is 2. The number of ether oxygens (including phenoxy) is 1. The van der Waals surface area contributed by atoms with Gasteiger partial charge in [-0.1, -0.05) is 18.2 Å². The monoisotopic (exact) mass is 288 g/mol. The molecule has 1 N–H and O–H groups in total. The van der Waals surface area contributed by atoms with E-state index in [2.05, 4.69) is 5.32 Å². The van der Waals surface area contributed by atoms with Gasteiger partial charge >= 0.3 is 5.97 Å². The van der Waals surface area contributed by atoms with Crippen molar-refractivity contribution < 1.29 is 14.3 Å². The van der Waals surface area contributed by atoms with Crippen molar-refractivity contribution in [2.45, 2.75) is 32.9 Å². The Bertz CT molecular complexity index is 673. The van der Waals surface area contributed by atoms with Crippen LogP contribution in [0.5, 0.6) is 0 Å². The molecule has 0 radical (unpaired) electrons. The summed E-state index contributed by atoms with van der Waals surface area (Å²) >= 11 is 0. The molecule has 1 aromatic carbocycles. The Morgan fingerprint density at radius 2 is 1.86 bits per heavy atom. The predicted octanol–water partition coefficient (Wildman–Crippen LogP) is 2.25. The van der Waals surface area contributed by atoms with Gasteiger partial charge in [-0.15, -0.1) is 0 Å². The first-order chi connectivity index (χ1) is 9.90. The Morgan fingerprint density at radius 1 is 1.19 bits per heavy atom. The Morgan fingerprint density at radius 3 is 2.52 bits per heavy atom. The molecule has 5 heteroatoms. The zero-order chi connectivity index (χ0) is 15.6. The van der Waals surface area contributed by atoms with Crippen molar-refractivity contribution in [2.75, 3.05) is 0 Å². The molecule has 2 aromatic rings. The summed E-state index contributed by atoms with van der Waals surface area (Å²) in [4.78, 5) is 24.1. The second-order valence-electron chi connectivity index (χ2n) is 5.38. The number of amides is 1. The van der Waals surface area contributed by atoms with Crippen LogP contribution in [0.25, 0.3) is 10.9 Å². The average Bonchev–Trinajstić information content (AvgIpc) is 2.76. The summed E-state index contributed by atoms with van der Waals surface area (Å²) in [6.07, 6.45) is 0.902. The van der Waals surface area contributed by atoms with E-state index < -0.39 is 12.1 Å². The molecule has 1 atom stereocenters. The molecule has 0 saturated heterocycles. The highest BCUT2D eigenvalue weighted by atomic mass is 16.5. The molecule has 1 heterocycles. The lowest BCUT2D eigenvalue weighted by molar-refractivity contribution is -0.129. The zero-order valence-electron chi connectivity index (χ0n) is 12.7. The third-order valence-corrected chi connectivity index (χ3v) is 3.20. The molecular formula is C16H20N2O3. The number of rotatable bonds is 4. The number of hydrogen-bond acceptors (Lipinski definition) is 3. The molecule has 1 aromatic heterocycles. The fourth-order valence-corrected chi connectivity index (χ4v) is 2.18. The molecule has 0 fully saturated rings. The summed E-state index contributed by atoms with van der Waals surface area (Å²) in [5.74, 6) is -0.781. The molecular weight excluding hydrogens is 268 g/mol. The average molecular weight is 288 g/mol. The quantitative estimate of drug-likeness (QED) is 0.878. The van der Waals surface area contributed by atoms with Gasteiger partial charge in [-0.25, -0.2) is 4.79 Å². The summed E-state index contributed by atoms with van der Waals surface area (Å²) < 4.78 is 7.12. The molecule has 1 amide bonds. The van der Waals surface area contributed by atoms with Crippen LogP contribution in [-0.2, 0) is 16.6 Å². The first kappa shape index (κ1) is 15.1. The van der Waals surface area contributed by atoms with Gasteiger partial charge in [0.05, 0.1) is 5.56 Å². The largest absolute Gasteiger partial charge is 0.449 e. The summed E-state index contributed by atoms with van der Waals surface area (Å²) in [6.45, 7) is 5.29. The number of carbonyl (C=O) groups excluding carboxylic acids is 2. The highest BCUT2D eigenvalue weighted by Crippen LogP contribution is 2.21. The van der Waals surface area contributed by atoms with Crippen LogP contribution >= 0.6 is 0 Å². The van der Waals surface area contributed by atoms with E-state index in [-0.39, 0.29) is 11.9 Å². The molecule has 21 heavy (non-hydrogen) atoms. The highest BCUT2D eigenvalue weighted by molar-refractivity contribution is 6.05. The maximum absolute atomic E-state index is 12.3. The van der Waals surface area contributed by atoms with Gasteiger partial charge in [0.15, 0.2) is 6.10 Å². The number of para-hydroxylation sites is 1. The van der Waals surface area contributed by atoms with E-state index in [1.54, 1.807) is 13.1 Å². The van der Waals surface area contributed by atoms with Crippen molar-refractivity contribution >= 4 is 22.8 Å². The van der Waals surface area contributed by atoms with Gasteiger partial charge in [0.25, 0.3) is 5.91 Å². The summed E-state index contributed by atoms with van der Waals surface area (Å²) in [5.41, 5.74) is 1.42. The maximum Gasteiger partial charge on any atom is 0.341 e. The van der Waals surface area contributed by atoms with E-state index in [9.17, 15) is 9.59 Å². The van der Waals surface area contributed by atoms with Gasteiger partial charge in [-0.3, -0.25) is 4.79 Å². The minimum Gasteiger partial charge on any atom is -0.449 e. The number of esters is 1. The molecule has 0 bridgehead atoms. The molecule has 0 spiro atoms. The van der Waals surface area contributed by atoms with Gasteiger partial charge in [0, 0.05) is 30.2 Å². The van der Waals surface area contributed by atoms with E-state index >= 15 is 0 Å². The van der Waals surface area contributed by atoms with Gasteiger partial charge in [0.1, 0.15) is 0 Å². The van der Waals surface area contributed by atoms with E-state index in [0.29, 0.717) is 5.56 Å². The van der Waals surface area contributed by atoms with Crippen LogP contribution < -0.4 is 5.32 Å². The van der Waals surface area contributed by atoms with Crippen LogP contribution in [0.15, 0.2) is 30.5 Å². The normalized spacial score (nSPS) is 12.4. The number of nitrogens with one attached hydrogen (secondary N) is 1. The molecule has 0 saturated carbocycles. The maximum atomic E-state index is 12.3. The molecule has 1 unspecified atom stereocenters. The minimum atomic E-state index is -0.820. The second kappa shape index (κ2) is 5.99. The predicted molar refractivity (Wildman–Crippen MR) is 81.1 cm³/mol. The number of benzene rings is 1. The fraction of sp³-hybridized carbons (Fsp3) is 0.375. The number of fused-ring (bicyclic) bond motifs is 1. The van der Waals surface area contributed by atoms with Crippen LogP contribution in [0.4, 0.5) is 0 Å². The number of aryl methyl sites for hydroxylation is 1. The lowest BCUT2D eigenvalue weighted by Gasteiger charge is -2.15. The van der Waals surface area contributed by atoms with Crippen molar-refractivity contribution in [1.82, 2.24) is 9.88 Å². The molecule has 2 rings (SSSR count). The second-order valence-corrected chi connectivity index (χ2v) is 5.38. The van der Waals surface area contributed by atoms with Crippen molar-refractivity contribution in [1.29, 1.82) is 0 Å². The van der Waals surface area contributed by atoms with Crippen molar-refractivity contribution in [3.63, 3.8) is 0 Å². The van der Waals surface area contributed by atoms with E-state index in [1.807, 2.05) is 49.7 Å². The lowest BCUT2D eigenvalue weighted by atomic mass is 10.2. The smallest absolute Gasteiger partial charge is 0.341 e. The van der Waals surface area contributed by atoms with E-state index in [1.165, 1.54) is 0 Å². The Kier molecular flexibility index (Phi) is 4.31. The molecule has 0 aliphatic rings. The number of hydrogen-bond donors (Lipinski definition) is 1. The Labute approximate surface area is 123 Å². The summed E-state index contributed by atoms with van der Waals surface area (Å²) in [5, 5.41) is 3.54. The van der Waals surface area contributed by atoms with Crippen LogP contribution in [0.3, 0.4) is 0 Å². The van der Waals surface area contributed by atoms with Gasteiger partial charge < -0.3 is 14.6 Å². The fourth-order valence-electron chi connectivity index (χ4n) is 2.18. The number of aromatic nitrogens is 1. The lowest BCUT2D eigenvalue weighted by Crippen LogP contribution is -2.39. The van der Waals surface area contributed by atoms with Crippen molar-refractivity contribution in [2.24, 2.45) is 7.05 Å². The molecule has 0 aliphatic heterocycles. The number of nitrogens with zero attached hydrogens (tertiary/aromatic N) is 1. The van der Waals surface area contributed by atoms with E-state index in [4.69, 9.17) is 4.74 Å². The zero-order valence-corrected chi connectivity index (χ0v) is 12.7. The third-order valence-electron chi connectivity index (χ3n) is 3.20. The van der Waals surface area contributed by atoms with Crippen LogP contribution in [0.1, 0.15) is 31.1 Å². The summed E-state index contributed by atoms with van der Waals surface area (Å²) in [6, 6.07) is 7.59. The van der Waals surface area contributed by atoms with Crippen LogP contribution in [0, 0.1) is 0 Å². The molecule has 112 valence electrons. The van der Waals surface area contributed by atoms with Crippen LogP contribution in [0.2, 0.25) is 0 Å². The highest BCUT2D eigenvalue weighted by Gasteiger charge is 2.21. The SMILES string of the molecule is CC(C)NC(=O)C(C)OC(=O)c1cn(C)c2ccccc12. The van der Waals surface area contributed by atoms with Crippen molar-refractivity contribution in [3.05, 3.63) is 36.0 Å².